The number of anilines is 2. The van der Waals surface area contributed by atoms with Crippen molar-refractivity contribution in [2.75, 3.05) is 11.1 Å². The van der Waals surface area contributed by atoms with E-state index in [1.807, 2.05) is 0 Å². The first-order valence-electron chi connectivity index (χ1n) is 5.69. The Labute approximate surface area is 117 Å². The van der Waals surface area contributed by atoms with Gasteiger partial charge in [0.25, 0.3) is 5.91 Å². The first-order valence-corrected chi connectivity index (χ1v) is 5.69. The van der Waals surface area contributed by atoms with Crippen LogP contribution in [0.4, 0.5) is 25.8 Å². The van der Waals surface area contributed by atoms with E-state index in [-0.39, 0.29) is 16.9 Å². The molecule has 0 spiro atoms. The van der Waals surface area contributed by atoms with Gasteiger partial charge in [-0.05, 0) is 30.3 Å². The predicted molar refractivity (Wildman–Crippen MR) is 71.8 cm³/mol. The second kappa shape index (κ2) is 5.53. The van der Waals surface area contributed by atoms with Crippen LogP contribution >= 0.6 is 0 Å². The standard InChI is InChI=1S/C13H9F2N3O3/c14-7-1-4-11(16)9(5-7)13(19)17-8-2-3-10(15)12(6-8)18(20)21/h1-6H,16H2,(H,17,19). The minimum absolute atomic E-state index is 0.00300. The molecule has 1 amide bonds. The Hall–Kier alpha value is -3.03. The third-order valence-corrected chi connectivity index (χ3v) is 2.66. The van der Waals surface area contributed by atoms with Crippen molar-refractivity contribution in [3.8, 4) is 0 Å². The fraction of sp³-hybridized carbons (Fsp3) is 0. The monoisotopic (exact) mass is 293 g/mol. The Morgan fingerprint density at radius 3 is 2.57 bits per heavy atom. The number of carbonyl (C=O) groups is 1. The lowest BCUT2D eigenvalue weighted by molar-refractivity contribution is -0.387. The van der Waals surface area contributed by atoms with Crippen molar-refractivity contribution < 1.29 is 18.5 Å². The number of hydrogen-bond donors (Lipinski definition) is 2. The SMILES string of the molecule is Nc1ccc(F)cc1C(=O)Nc1ccc(F)c([N+](=O)[O-])c1. The van der Waals surface area contributed by atoms with E-state index in [1.165, 1.54) is 6.07 Å². The van der Waals surface area contributed by atoms with Crippen molar-refractivity contribution in [1.29, 1.82) is 0 Å². The third kappa shape index (κ3) is 3.11. The maximum absolute atomic E-state index is 13.2. The van der Waals surface area contributed by atoms with E-state index in [1.54, 1.807) is 0 Å². The molecule has 0 saturated heterocycles. The van der Waals surface area contributed by atoms with Crippen LogP contribution in [0.1, 0.15) is 10.4 Å². The van der Waals surface area contributed by atoms with Gasteiger partial charge in [0, 0.05) is 17.4 Å². The van der Waals surface area contributed by atoms with E-state index < -0.39 is 28.2 Å². The number of halogens is 2. The zero-order chi connectivity index (χ0) is 15.6. The average Bonchev–Trinajstić information content (AvgIpc) is 2.43. The van der Waals surface area contributed by atoms with Gasteiger partial charge in [-0.15, -0.1) is 0 Å². The molecule has 2 aromatic carbocycles. The maximum Gasteiger partial charge on any atom is 0.306 e. The minimum Gasteiger partial charge on any atom is -0.398 e. The topological polar surface area (TPSA) is 98.3 Å². The van der Waals surface area contributed by atoms with Crippen LogP contribution in [0.2, 0.25) is 0 Å². The summed E-state index contributed by atoms with van der Waals surface area (Å²) in [5, 5.41) is 12.9. The van der Waals surface area contributed by atoms with E-state index in [0.717, 1.165) is 30.3 Å². The lowest BCUT2D eigenvalue weighted by Crippen LogP contribution is -2.14. The molecule has 3 N–H and O–H groups in total. The molecule has 2 aromatic rings. The summed E-state index contributed by atoms with van der Waals surface area (Å²) in [6.07, 6.45) is 0. The van der Waals surface area contributed by atoms with Gasteiger partial charge in [-0.25, -0.2) is 4.39 Å². The van der Waals surface area contributed by atoms with E-state index in [2.05, 4.69) is 5.32 Å². The van der Waals surface area contributed by atoms with Crippen LogP contribution in [0.5, 0.6) is 0 Å². The Kier molecular flexibility index (Phi) is 3.79. The van der Waals surface area contributed by atoms with E-state index in [0.29, 0.717) is 0 Å². The molecule has 0 unspecified atom stereocenters. The number of nitro groups is 1. The van der Waals surface area contributed by atoms with Crippen LogP contribution in [-0.2, 0) is 0 Å². The van der Waals surface area contributed by atoms with Crippen molar-refractivity contribution in [3.63, 3.8) is 0 Å². The van der Waals surface area contributed by atoms with Gasteiger partial charge in [-0.1, -0.05) is 0 Å². The number of benzene rings is 2. The van der Waals surface area contributed by atoms with Gasteiger partial charge >= 0.3 is 5.69 Å². The van der Waals surface area contributed by atoms with Gasteiger partial charge in [0.2, 0.25) is 5.82 Å². The second-order valence-electron chi connectivity index (χ2n) is 4.11. The summed E-state index contributed by atoms with van der Waals surface area (Å²) >= 11 is 0. The van der Waals surface area contributed by atoms with Gasteiger partial charge in [0.05, 0.1) is 10.5 Å². The highest BCUT2D eigenvalue weighted by molar-refractivity contribution is 6.07. The highest BCUT2D eigenvalue weighted by Gasteiger charge is 2.17. The molecule has 0 saturated carbocycles. The van der Waals surface area contributed by atoms with Crippen molar-refractivity contribution in [2.24, 2.45) is 0 Å². The first-order chi connectivity index (χ1) is 9.88. The normalized spacial score (nSPS) is 10.2. The number of nitrogens with one attached hydrogen (secondary N) is 1. The number of rotatable bonds is 3. The smallest absolute Gasteiger partial charge is 0.306 e. The predicted octanol–water partition coefficient (Wildman–Crippen LogP) is 2.71. The van der Waals surface area contributed by atoms with E-state index >= 15 is 0 Å². The van der Waals surface area contributed by atoms with Crippen molar-refractivity contribution >= 4 is 23.0 Å². The van der Waals surface area contributed by atoms with Crippen LogP contribution < -0.4 is 11.1 Å². The van der Waals surface area contributed by atoms with Crippen LogP contribution in [0.15, 0.2) is 36.4 Å². The maximum atomic E-state index is 13.2. The number of hydrogen-bond acceptors (Lipinski definition) is 4. The summed E-state index contributed by atoms with van der Waals surface area (Å²) in [7, 11) is 0. The molecule has 0 atom stereocenters. The van der Waals surface area contributed by atoms with Crippen LogP contribution in [0, 0.1) is 21.7 Å². The molecule has 8 heteroatoms. The molecule has 0 aliphatic rings. The summed E-state index contributed by atoms with van der Waals surface area (Å²) in [6, 6.07) is 6.11. The van der Waals surface area contributed by atoms with Gasteiger partial charge in [-0.2, -0.15) is 4.39 Å². The van der Waals surface area contributed by atoms with Gasteiger partial charge in [0.15, 0.2) is 0 Å². The molecule has 21 heavy (non-hydrogen) atoms. The Bertz CT molecular complexity index is 735. The van der Waals surface area contributed by atoms with Crippen LogP contribution in [-0.4, -0.2) is 10.8 Å². The number of nitrogen functional groups attached to an aromatic ring is 1. The minimum atomic E-state index is -1.02. The lowest BCUT2D eigenvalue weighted by Gasteiger charge is -2.07. The van der Waals surface area contributed by atoms with Crippen molar-refractivity contribution in [1.82, 2.24) is 0 Å². The Morgan fingerprint density at radius 1 is 1.19 bits per heavy atom. The van der Waals surface area contributed by atoms with Crippen LogP contribution in [0.3, 0.4) is 0 Å². The number of amides is 1. The molecule has 0 aliphatic heterocycles. The third-order valence-electron chi connectivity index (χ3n) is 2.66. The molecule has 0 bridgehead atoms. The fourth-order valence-electron chi connectivity index (χ4n) is 1.65. The largest absolute Gasteiger partial charge is 0.398 e. The molecule has 0 fully saturated rings. The Morgan fingerprint density at radius 2 is 1.90 bits per heavy atom. The number of nitro benzene ring substituents is 1. The molecule has 6 nitrogen and oxygen atoms in total. The molecule has 2 rings (SSSR count). The highest BCUT2D eigenvalue weighted by Crippen LogP contribution is 2.23. The fourth-order valence-corrected chi connectivity index (χ4v) is 1.65. The van der Waals surface area contributed by atoms with Crippen molar-refractivity contribution in [3.05, 3.63) is 63.7 Å². The lowest BCUT2D eigenvalue weighted by atomic mass is 10.1. The molecule has 0 radical (unpaired) electrons. The second-order valence-corrected chi connectivity index (χ2v) is 4.11. The van der Waals surface area contributed by atoms with Crippen molar-refractivity contribution in [2.45, 2.75) is 0 Å². The number of nitrogens with two attached hydrogens (primary N) is 1. The number of nitrogens with zero attached hydrogens (tertiary/aromatic N) is 1. The van der Waals surface area contributed by atoms with Gasteiger partial charge < -0.3 is 11.1 Å². The molecule has 0 aliphatic carbocycles. The zero-order valence-corrected chi connectivity index (χ0v) is 10.5. The summed E-state index contributed by atoms with van der Waals surface area (Å²) in [6.45, 7) is 0. The summed E-state index contributed by atoms with van der Waals surface area (Å²) in [5.74, 6) is -2.43. The van der Waals surface area contributed by atoms with E-state index in [9.17, 15) is 23.7 Å². The average molecular weight is 293 g/mol. The summed E-state index contributed by atoms with van der Waals surface area (Å²) < 4.78 is 26.3. The summed E-state index contributed by atoms with van der Waals surface area (Å²) in [4.78, 5) is 21.6. The Balaban J connectivity index is 2.29. The molecule has 108 valence electrons. The molecule has 0 heterocycles. The molecular weight excluding hydrogens is 284 g/mol. The van der Waals surface area contributed by atoms with E-state index in [4.69, 9.17) is 5.73 Å². The quantitative estimate of drug-likeness (QED) is 0.516. The summed E-state index contributed by atoms with van der Waals surface area (Å²) in [5.41, 5.74) is 4.69. The molecular formula is C13H9F2N3O3. The van der Waals surface area contributed by atoms with Crippen LogP contribution in [0.25, 0.3) is 0 Å². The first kappa shape index (κ1) is 14.4. The highest BCUT2D eigenvalue weighted by atomic mass is 19.1. The number of carbonyl (C=O) groups excluding carboxylic acids is 1. The van der Waals surface area contributed by atoms with Gasteiger partial charge in [-0.3, -0.25) is 14.9 Å². The van der Waals surface area contributed by atoms with Gasteiger partial charge in [0.1, 0.15) is 5.82 Å². The molecule has 0 aromatic heterocycles. The zero-order valence-electron chi connectivity index (χ0n) is 10.5.